The van der Waals surface area contributed by atoms with Crippen molar-refractivity contribution in [2.75, 3.05) is 39.4 Å². The van der Waals surface area contributed by atoms with Gasteiger partial charge in [0.15, 0.2) is 0 Å². The summed E-state index contributed by atoms with van der Waals surface area (Å²) in [6, 6.07) is 2.06. The van der Waals surface area contributed by atoms with Gasteiger partial charge in [-0.3, -0.25) is 9.69 Å². The molecule has 1 amide bonds. The molecule has 25 heavy (non-hydrogen) atoms. The minimum absolute atomic E-state index is 0. The van der Waals surface area contributed by atoms with E-state index in [0.29, 0.717) is 30.0 Å². The number of piperidine rings is 1. The number of hydrogen-bond donors (Lipinski definition) is 1. The van der Waals surface area contributed by atoms with Crippen LogP contribution < -0.4 is 5.32 Å². The molecule has 0 aromatic carbocycles. The van der Waals surface area contributed by atoms with Crippen molar-refractivity contribution in [1.29, 1.82) is 0 Å². The van der Waals surface area contributed by atoms with Gasteiger partial charge >= 0.3 is 0 Å². The van der Waals surface area contributed by atoms with Crippen molar-refractivity contribution in [2.45, 2.75) is 63.1 Å². The first-order chi connectivity index (χ1) is 11.3. The molecule has 0 saturated carbocycles. The second-order valence-corrected chi connectivity index (χ2v) is 7.94. The molecule has 0 aliphatic carbocycles. The van der Waals surface area contributed by atoms with Gasteiger partial charge in [0, 0.05) is 63.9 Å². The molecule has 4 fully saturated rings. The predicted octanol–water partition coefficient (Wildman–Crippen LogP) is 2.07. The molecule has 4 saturated heterocycles. The van der Waals surface area contributed by atoms with Crippen molar-refractivity contribution in [1.82, 2.24) is 15.1 Å². The van der Waals surface area contributed by atoms with Crippen LogP contribution in [0.15, 0.2) is 0 Å². The first-order valence-electron chi connectivity index (χ1n) is 9.63. The second kappa shape index (κ2) is 9.75. The Morgan fingerprint density at radius 2 is 1.52 bits per heavy atom. The normalized spacial score (nSPS) is 33.4. The standard InChI is InChI=1S/C18H31N3O2.2ClH/c22-18(13-14-11-15-1-2-16(12-14)19-15)21-7-5-20(6-8-21)17-3-9-23-10-4-17;;/h14-17,19H,1-13H2;2*1H. The molecule has 0 radical (unpaired) electrons. The van der Waals surface area contributed by atoms with E-state index in [-0.39, 0.29) is 24.8 Å². The maximum absolute atomic E-state index is 12.7. The summed E-state index contributed by atoms with van der Waals surface area (Å²) < 4.78 is 5.46. The molecule has 0 aromatic rings. The van der Waals surface area contributed by atoms with Gasteiger partial charge in [0.05, 0.1) is 0 Å². The number of nitrogens with one attached hydrogen (secondary N) is 1. The van der Waals surface area contributed by atoms with E-state index in [1.165, 1.54) is 25.7 Å². The predicted molar refractivity (Wildman–Crippen MR) is 104 cm³/mol. The van der Waals surface area contributed by atoms with Gasteiger partial charge in [0.2, 0.25) is 5.91 Å². The van der Waals surface area contributed by atoms with Crippen LogP contribution in [-0.4, -0.2) is 73.2 Å². The van der Waals surface area contributed by atoms with E-state index >= 15 is 0 Å². The highest BCUT2D eigenvalue weighted by molar-refractivity contribution is 5.85. The minimum Gasteiger partial charge on any atom is -0.381 e. The Bertz CT molecular complexity index is 415. The van der Waals surface area contributed by atoms with E-state index in [9.17, 15) is 4.79 Å². The van der Waals surface area contributed by atoms with Gasteiger partial charge in [-0.1, -0.05) is 0 Å². The Labute approximate surface area is 164 Å². The molecule has 1 N–H and O–H groups in total. The Morgan fingerprint density at radius 3 is 2.12 bits per heavy atom. The summed E-state index contributed by atoms with van der Waals surface area (Å²) in [6.45, 7) is 5.76. The molecule has 5 nitrogen and oxygen atoms in total. The van der Waals surface area contributed by atoms with Crippen molar-refractivity contribution >= 4 is 30.7 Å². The molecule has 2 unspecified atom stereocenters. The minimum atomic E-state index is 0. The first-order valence-corrected chi connectivity index (χ1v) is 9.63. The zero-order chi connectivity index (χ0) is 15.6. The molecular weight excluding hydrogens is 361 g/mol. The fourth-order valence-electron chi connectivity index (χ4n) is 5.10. The lowest BCUT2D eigenvalue weighted by Crippen LogP contribution is -2.53. The highest BCUT2D eigenvalue weighted by Gasteiger charge is 2.35. The van der Waals surface area contributed by atoms with Gasteiger partial charge in [0.1, 0.15) is 0 Å². The van der Waals surface area contributed by atoms with Gasteiger partial charge in [-0.25, -0.2) is 0 Å². The topological polar surface area (TPSA) is 44.8 Å². The van der Waals surface area contributed by atoms with Gasteiger partial charge in [-0.05, 0) is 44.4 Å². The summed E-state index contributed by atoms with van der Waals surface area (Å²) in [7, 11) is 0. The lowest BCUT2D eigenvalue weighted by Gasteiger charge is -2.41. The molecule has 4 heterocycles. The van der Waals surface area contributed by atoms with E-state index in [2.05, 4.69) is 15.1 Å². The fraction of sp³-hybridized carbons (Fsp3) is 0.944. The zero-order valence-electron chi connectivity index (χ0n) is 15.0. The second-order valence-electron chi connectivity index (χ2n) is 7.94. The molecule has 0 spiro atoms. The Balaban J connectivity index is 0.00000113. The number of halogens is 2. The Kier molecular flexibility index (Phi) is 8.28. The molecule has 146 valence electrons. The maximum atomic E-state index is 12.7. The summed E-state index contributed by atoms with van der Waals surface area (Å²) in [6.07, 6.45) is 8.16. The number of carbonyl (C=O) groups is 1. The molecule has 4 aliphatic rings. The number of rotatable bonds is 3. The molecule has 2 bridgehead atoms. The van der Waals surface area contributed by atoms with Crippen LogP contribution in [0.2, 0.25) is 0 Å². The van der Waals surface area contributed by atoms with Crippen molar-refractivity contribution in [3.63, 3.8) is 0 Å². The average molecular weight is 394 g/mol. The molecule has 7 heteroatoms. The van der Waals surface area contributed by atoms with Gasteiger partial charge in [-0.15, -0.1) is 24.8 Å². The van der Waals surface area contributed by atoms with Gasteiger partial charge in [-0.2, -0.15) is 0 Å². The van der Waals surface area contributed by atoms with Crippen LogP contribution in [0.3, 0.4) is 0 Å². The number of fused-ring (bicyclic) bond motifs is 2. The number of ether oxygens (including phenoxy) is 1. The third-order valence-corrected chi connectivity index (χ3v) is 6.41. The lowest BCUT2D eigenvalue weighted by atomic mass is 9.89. The Morgan fingerprint density at radius 1 is 0.920 bits per heavy atom. The Hall–Kier alpha value is -0.0700. The van der Waals surface area contributed by atoms with Crippen LogP contribution in [0, 0.1) is 5.92 Å². The third-order valence-electron chi connectivity index (χ3n) is 6.41. The third kappa shape index (κ3) is 5.23. The monoisotopic (exact) mass is 393 g/mol. The summed E-state index contributed by atoms with van der Waals surface area (Å²) >= 11 is 0. The fourth-order valence-corrected chi connectivity index (χ4v) is 5.10. The summed E-state index contributed by atoms with van der Waals surface area (Å²) in [5.74, 6) is 1.03. The van der Waals surface area contributed by atoms with Crippen LogP contribution in [0.4, 0.5) is 0 Å². The highest BCUT2D eigenvalue weighted by Crippen LogP contribution is 2.33. The van der Waals surface area contributed by atoms with E-state index in [0.717, 1.165) is 58.7 Å². The lowest BCUT2D eigenvalue weighted by molar-refractivity contribution is -0.134. The largest absolute Gasteiger partial charge is 0.381 e. The van der Waals surface area contributed by atoms with Gasteiger partial charge in [0.25, 0.3) is 0 Å². The first kappa shape index (κ1) is 21.2. The maximum Gasteiger partial charge on any atom is 0.222 e. The van der Waals surface area contributed by atoms with Crippen LogP contribution in [0.1, 0.15) is 44.9 Å². The summed E-state index contributed by atoms with van der Waals surface area (Å²) in [5.41, 5.74) is 0. The van der Waals surface area contributed by atoms with Crippen LogP contribution in [-0.2, 0) is 9.53 Å². The molecule has 4 aliphatic heterocycles. The highest BCUT2D eigenvalue weighted by atomic mass is 35.5. The van der Waals surface area contributed by atoms with E-state index in [1.54, 1.807) is 0 Å². The van der Waals surface area contributed by atoms with E-state index < -0.39 is 0 Å². The molecule has 0 aromatic heterocycles. The number of hydrogen-bond acceptors (Lipinski definition) is 4. The van der Waals surface area contributed by atoms with Crippen LogP contribution >= 0.6 is 24.8 Å². The van der Waals surface area contributed by atoms with Crippen LogP contribution in [0.5, 0.6) is 0 Å². The summed E-state index contributed by atoms with van der Waals surface area (Å²) in [5, 5.41) is 3.67. The average Bonchev–Trinajstić information content (AvgIpc) is 2.94. The number of piperazine rings is 1. The van der Waals surface area contributed by atoms with Crippen molar-refractivity contribution in [3.8, 4) is 0 Å². The van der Waals surface area contributed by atoms with Crippen molar-refractivity contribution in [3.05, 3.63) is 0 Å². The smallest absolute Gasteiger partial charge is 0.222 e. The van der Waals surface area contributed by atoms with Crippen LogP contribution in [0.25, 0.3) is 0 Å². The zero-order valence-corrected chi connectivity index (χ0v) is 16.7. The van der Waals surface area contributed by atoms with Crippen molar-refractivity contribution < 1.29 is 9.53 Å². The molecular formula is C18H33Cl2N3O2. The van der Waals surface area contributed by atoms with E-state index in [1.807, 2.05) is 0 Å². The SMILES string of the molecule is Cl.Cl.O=C(CC1CC2CCC(C1)N2)N1CCN(C2CCOCC2)CC1. The quantitative estimate of drug-likeness (QED) is 0.796. The molecule has 2 atom stereocenters. The van der Waals surface area contributed by atoms with Gasteiger partial charge < -0.3 is 15.0 Å². The number of amides is 1. The molecule has 4 rings (SSSR count). The number of carbonyl (C=O) groups excluding carboxylic acids is 1. The summed E-state index contributed by atoms with van der Waals surface area (Å²) in [4.78, 5) is 17.4. The van der Waals surface area contributed by atoms with Crippen molar-refractivity contribution in [2.24, 2.45) is 5.92 Å². The van der Waals surface area contributed by atoms with E-state index in [4.69, 9.17) is 4.74 Å². The number of nitrogens with zero attached hydrogens (tertiary/aromatic N) is 2.